The molecule has 2 aromatic rings. The first kappa shape index (κ1) is 17.2. The molecule has 0 atom stereocenters. The number of aromatic nitrogens is 1. The maximum absolute atomic E-state index is 12.6. The summed E-state index contributed by atoms with van der Waals surface area (Å²) in [4.78, 5) is 12.2. The topological polar surface area (TPSA) is 77.4 Å². The second-order valence-corrected chi connectivity index (χ2v) is 7.07. The van der Waals surface area contributed by atoms with E-state index in [9.17, 15) is 13.2 Å². The number of nitrogens with one attached hydrogen (secondary N) is 1. The molecule has 1 N–H and O–H groups in total. The Balaban J connectivity index is 2.33. The maximum atomic E-state index is 12.6. The molecule has 0 aliphatic heterocycles. The van der Waals surface area contributed by atoms with Crippen molar-refractivity contribution in [1.82, 2.24) is 9.29 Å². The summed E-state index contributed by atoms with van der Waals surface area (Å²) >= 11 is 0. The Labute approximate surface area is 135 Å². The van der Waals surface area contributed by atoms with Gasteiger partial charge in [-0.25, -0.2) is 13.1 Å². The van der Waals surface area contributed by atoms with Gasteiger partial charge in [-0.05, 0) is 43.2 Å². The van der Waals surface area contributed by atoms with Crippen molar-refractivity contribution in [3.05, 3.63) is 57.5 Å². The summed E-state index contributed by atoms with van der Waals surface area (Å²) in [5.41, 5.74) is 1.35. The molecule has 0 bridgehead atoms. The molecule has 1 heterocycles. The van der Waals surface area contributed by atoms with Gasteiger partial charge in [-0.3, -0.25) is 4.79 Å². The Morgan fingerprint density at radius 1 is 1.22 bits per heavy atom. The zero-order valence-electron chi connectivity index (χ0n) is 13.6. The fourth-order valence-electron chi connectivity index (χ4n) is 2.49. The van der Waals surface area contributed by atoms with Crippen molar-refractivity contribution < 1.29 is 13.2 Å². The molecule has 0 amide bonds. The minimum atomic E-state index is -3.73. The molecule has 124 valence electrons. The molecule has 0 saturated carbocycles. The van der Waals surface area contributed by atoms with Crippen LogP contribution in [-0.4, -0.2) is 20.1 Å². The number of hydrogen-bond acceptors (Lipinski definition) is 4. The van der Waals surface area contributed by atoms with Crippen LogP contribution in [-0.2, 0) is 23.6 Å². The summed E-state index contributed by atoms with van der Waals surface area (Å²) in [6.45, 7) is 3.37. The standard InChI is InChI=1S/C16H20N2O4S/c1-11-8-14(22-4)9-12(2)15(11)23(20,21)17-10-13-6-5-7-18(3)16(13)19/h5-9,17H,10H2,1-4H3. The van der Waals surface area contributed by atoms with Crippen molar-refractivity contribution in [3.8, 4) is 5.75 Å². The smallest absolute Gasteiger partial charge is 0.254 e. The zero-order valence-corrected chi connectivity index (χ0v) is 14.4. The van der Waals surface area contributed by atoms with Crippen molar-refractivity contribution in [1.29, 1.82) is 0 Å². The Morgan fingerprint density at radius 2 is 1.83 bits per heavy atom. The predicted molar refractivity (Wildman–Crippen MR) is 88.2 cm³/mol. The molecule has 0 aliphatic carbocycles. The number of methoxy groups -OCH3 is 1. The fraction of sp³-hybridized carbons (Fsp3) is 0.312. The lowest BCUT2D eigenvalue weighted by molar-refractivity contribution is 0.413. The van der Waals surface area contributed by atoms with Gasteiger partial charge in [-0.2, -0.15) is 0 Å². The van der Waals surface area contributed by atoms with E-state index in [1.54, 1.807) is 51.4 Å². The van der Waals surface area contributed by atoms with Crippen LogP contribution in [0.15, 0.2) is 40.2 Å². The molecule has 0 saturated heterocycles. The molecule has 0 aliphatic rings. The van der Waals surface area contributed by atoms with Crippen molar-refractivity contribution in [2.24, 2.45) is 7.05 Å². The van der Waals surface area contributed by atoms with Gasteiger partial charge < -0.3 is 9.30 Å². The van der Waals surface area contributed by atoms with Crippen molar-refractivity contribution in [3.63, 3.8) is 0 Å². The summed E-state index contributed by atoms with van der Waals surface area (Å²) in [6.07, 6.45) is 1.62. The number of pyridine rings is 1. The Morgan fingerprint density at radius 3 is 2.39 bits per heavy atom. The number of rotatable bonds is 5. The third-order valence-corrected chi connectivity index (χ3v) is 5.30. The van der Waals surface area contributed by atoms with E-state index >= 15 is 0 Å². The van der Waals surface area contributed by atoms with Gasteiger partial charge in [-0.1, -0.05) is 6.07 Å². The van der Waals surface area contributed by atoms with E-state index in [0.29, 0.717) is 22.4 Å². The van der Waals surface area contributed by atoms with Crippen molar-refractivity contribution >= 4 is 10.0 Å². The van der Waals surface area contributed by atoms with Crippen molar-refractivity contribution in [2.45, 2.75) is 25.3 Å². The third-order valence-electron chi connectivity index (χ3n) is 3.59. The third kappa shape index (κ3) is 3.62. The fourth-order valence-corrected chi connectivity index (χ4v) is 3.94. The Hall–Kier alpha value is -2.12. The highest BCUT2D eigenvalue weighted by molar-refractivity contribution is 7.89. The van der Waals surface area contributed by atoms with Crippen molar-refractivity contribution in [2.75, 3.05) is 7.11 Å². The van der Waals surface area contributed by atoms with E-state index in [4.69, 9.17) is 4.74 Å². The van der Waals surface area contributed by atoms with E-state index in [1.165, 1.54) is 11.7 Å². The van der Waals surface area contributed by atoms with Gasteiger partial charge in [0.2, 0.25) is 10.0 Å². The first-order valence-corrected chi connectivity index (χ1v) is 8.54. The minimum absolute atomic E-state index is 0.0548. The molecule has 0 radical (unpaired) electrons. The number of aryl methyl sites for hydroxylation is 3. The first-order valence-electron chi connectivity index (χ1n) is 7.05. The predicted octanol–water partition coefficient (Wildman–Crippen LogP) is 1.49. The second-order valence-electron chi connectivity index (χ2n) is 5.36. The van der Waals surface area contributed by atoms with Gasteiger partial charge >= 0.3 is 0 Å². The zero-order chi connectivity index (χ0) is 17.2. The molecule has 0 spiro atoms. The van der Waals surface area contributed by atoms with Crippen LogP contribution in [0.2, 0.25) is 0 Å². The number of ether oxygens (including phenoxy) is 1. The van der Waals surface area contributed by atoms with Gasteiger partial charge in [0.1, 0.15) is 5.75 Å². The Kier molecular flexibility index (Phi) is 4.91. The lowest BCUT2D eigenvalue weighted by Gasteiger charge is -2.13. The highest BCUT2D eigenvalue weighted by Gasteiger charge is 2.20. The van der Waals surface area contributed by atoms with Crippen LogP contribution in [0.3, 0.4) is 0 Å². The molecule has 6 nitrogen and oxygen atoms in total. The van der Waals surface area contributed by atoms with Crippen LogP contribution in [0.25, 0.3) is 0 Å². The average Bonchev–Trinajstić information content (AvgIpc) is 2.47. The number of benzene rings is 1. The molecule has 0 fully saturated rings. The lowest BCUT2D eigenvalue weighted by Crippen LogP contribution is -2.29. The normalized spacial score (nSPS) is 11.5. The number of nitrogens with zero attached hydrogens (tertiary/aromatic N) is 1. The van der Waals surface area contributed by atoms with Gasteiger partial charge in [-0.15, -0.1) is 0 Å². The lowest BCUT2D eigenvalue weighted by atomic mass is 10.1. The summed E-state index contributed by atoms with van der Waals surface area (Å²) in [6, 6.07) is 6.65. The van der Waals surface area contributed by atoms with E-state index < -0.39 is 10.0 Å². The van der Waals surface area contributed by atoms with Crippen LogP contribution >= 0.6 is 0 Å². The summed E-state index contributed by atoms with van der Waals surface area (Å²) in [5, 5.41) is 0. The average molecular weight is 336 g/mol. The van der Waals surface area contributed by atoms with Crippen LogP contribution < -0.4 is 15.0 Å². The Bertz CT molecular complexity index is 862. The van der Waals surface area contributed by atoms with Crippen LogP contribution in [0, 0.1) is 13.8 Å². The highest BCUT2D eigenvalue weighted by atomic mass is 32.2. The quantitative estimate of drug-likeness (QED) is 0.897. The van der Waals surface area contributed by atoms with E-state index in [1.807, 2.05) is 0 Å². The molecular weight excluding hydrogens is 316 g/mol. The van der Waals surface area contributed by atoms with Gasteiger partial charge in [0.25, 0.3) is 5.56 Å². The van der Waals surface area contributed by atoms with Crippen LogP contribution in [0.4, 0.5) is 0 Å². The molecule has 23 heavy (non-hydrogen) atoms. The van der Waals surface area contributed by atoms with Gasteiger partial charge in [0.15, 0.2) is 0 Å². The molecule has 0 unspecified atom stereocenters. The molecule has 7 heteroatoms. The van der Waals surface area contributed by atoms with E-state index in [2.05, 4.69) is 4.72 Å². The number of sulfonamides is 1. The van der Waals surface area contributed by atoms with E-state index in [0.717, 1.165) is 0 Å². The van der Waals surface area contributed by atoms with E-state index in [-0.39, 0.29) is 17.0 Å². The largest absolute Gasteiger partial charge is 0.497 e. The summed E-state index contributed by atoms with van der Waals surface area (Å²) in [7, 11) is -0.571. The summed E-state index contributed by atoms with van der Waals surface area (Å²) < 4.78 is 34.2. The molecular formula is C16H20N2O4S. The SMILES string of the molecule is COc1cc(C)c(S(=O)(=O)NCc2cccn(C)c2=O)c(C)c1. The maximum Gasteiger partial charge on any atom is 0.254 e. The molecule has 2 rings (SSSR count). The highest BCUT2D eigenvalue weighted by Crippen LogP contribution is 2.25. The van der Waals surface area contributed by atoms with Crippen LogP contribution in [0.1, 0.15) is 16.7 Å². The monoisotopic (exact) mass is 336 g/mol. The minimum Gasteiger partial charge on any atom is -0.497 e. The number of hydrogen-bond donors (Lipinski definition) is 1. The molecule has 1 aromatic heterocycles. The van der Waals surface area contributed by atoms with Gasteiger partial charge in [0, 0.05) is 25.4 Å². The first-order chi connectivity index (χ1) is 10.8. The molecule has 1 aromatic carbocycles. The summed E-state index contributed by atoms with van der Waals surface area (Å²) in [5.74, 6) is 0.607. The second kappa shape index (κ2) is 6.55. The van der Waals surface area contributed by atoms with Crippen LogP contribution in [0.5, 0.6) is 5.75 Å². The van der Waals surface area contributed by atoms with Gasteiger partial charge in [0.05, 0.1) is 12.0 Å².